The molecule has 48 valence electrons. The van der Waals surface area contributed by atoms with Crippen LogP contribution >= 0.6 is 28.4 Å². The Bertz CT molecular complexity index is 74.5. The number of rotatable bonds is 0. The predicted octanol–water partition coefficient (Wildman–Crippen LogP) is 3.50. The van der Waals surface area contributed by atoms with Crippen LogP contribution in [0.4, 0.5) is 0 Å². The van der Waals surface area contributed by atoms with Crippen LogP contribution in [0.25, 0.3) is 0 Å². The van der Waals surface area contributed by atoms with E-state index in [-0.39, 0.29) is 0 Å². The minimum Gasteiger partial charge on any atom is -0.0462 e. The summed E-state index contributed by atoms with van der Waals surface area (Å²) in [5.74, 6) is -1.39. The molecule has 0 N–H and O–H groups in total. The molecular formula is C5H10Cl2P+. The van der Waals surface area contributed by atoms with Crippen molar-refractivity contribution in [2.75, 3.05) is 12.3 Å². The summed E-state index contributed by atoms with van der Waals surface area (Å²) in [7, 11) is 0. The van der Waals surface area contributed by atoms with Gasteiger partial charge >= 0.3 is 0 Å². The molecule has 0 amide bonds. The highest BCUT2D eigenvalue weighted by Crippen LogP contribution is 2.71. The smallest absolute Gasteiger partial charge is 0.0462 e. The maximum atomic E-state index is 5.95. The van der Waals surface area contributed by atoms with Crippen molar-refractivity contribution in [2.45, 2.75) is 19.3 Å². The van der Waals surface area contributed by atoms with Crippen molar-refractivity contribution >= 4 is 28.4 Å². The van der Waals surface area contributed by atoms with Crippen molar-refractivity contribution in [1.29, 1.82) is 0 Å². The highest BCUT2D eigenvalue weighted by Gasteiger charge is 2.35. The molecule has 0 aliphatic carbocycles. The van der Waals surface area contributed by atoms with Crippen LogP contribution in [0, 0.1) is 0 Å². The van der Waals surface area contributed by atoms with Gasteiger partial charge in [-0.05, 0) is 19.3 Å². The Kier molecular flexibility index (Phi) is 2.43. The molecule has 1 aliphatic rings. The van der Waals surface area contributed by atoms with E-state index in [1.807, 2.05) is 0 Å². The molecule has 8 heavy (non-hydrogen) atoms. The molecule has 0 unspecified atom stereocenters. The van der Waals surface area contributed by atoms with Crippen molar-refractivity contribution < 1.29 is 0 Å². The van der Waals surface area contributed by atoms with Gasteiger partial charge in [-0.15, -0.1) is 0 Å². The molecule has 1 fully saturated rings. The lowest BCUT2D eigenvalue weighted by atomic mass is 10.3. The van der Waals surface area contributed by atoms with Crippen molar-refractivity contribution in [2.24, 2.45) is 0 Å². The van der Waals surface area contributed by atoms with Crippen molar-refractivity contribution in [3.8, 4) is 0 Å². The lowest BCUT2D eigenvalue weighted by Crippen LogP contribution is -1.99. The van der Waals surface area contributed by atoms with Gasteiger partial charge in [0.1, 0.15) is 22.5 Å². The summed E-state index contributed by atoms with van der Waals surface area (Å²) in [5, 5.41) is 0. The summed E-state index contributed by atoms with van der Waals surface area (Å²) in [6.45, 7) is 0. The van der Waals surface area contributed by atoms with Crippen LogP contribution in [0.15, 0.2) is 0 Å². The topological polar surface area (TPSA) is 0 Å². The molecule has 0 aromatic heterocycles. The molecule has 0 spiro atoms. The second kappa shape index (κ2) is 2.73. The first-order chi connectivity index (χ1) is 3.71. The molecule has 1 aliphatic heterocycles. The standard InChI is InChI=1S/C5H10Cl2P/c6-8(7)4-2-1-3-5-8/h1-5H2/q+1. The van der Waals surface area contributed by atoms with E-state index < -0.39 is 5.97 Å². The van der Waals surface area contributed by atoms with Crippen LogP contribution in [-0.2, 0) is 0 Å². The van der Waals surface area contributed by atoms with E-state index in [1.165, 1.54) is 19.3 Å². The number of hydrogen-bond acceptors (Lipinski definition) is 0. The Balaban J connectivity index is 2.33. The predicted molar refractivity (Wildman–Crippen MR) is 42.2 cm³/mol. The van der Waals surface area contributed by atoms with Crippen molar-refractivity contribution in [1.82, 2.24) is 0 Å². The molecule has 0 bridgehead atoms. The van der Waals surface area contributed by atoms with Crippen molar-refractivity contribution in [3.05, 3.63) is 0 Å². The Labute approximate surface area is 60.5 Å². The van der Waals surface area contributed by atoms with Crippen LogP contribution in [0.1, 0.15) is 19.3 Å². The van der Waals surface area contributed by atoms with Crippen LogP contribution < -0.4 is 0 Å². The van der Waals surface area contributed by atoms with Crippen LogP contribution in [0.3, 0.4) is 0 Å². The van der Waals surface area contributed by atoms with Gasteiger partial charge in [-0.25, -0.2) is 0 Å². The fraction of sp³-hybridized carbons (Fsp3) is 1.00. The van der Waals surface area contributed by atoms with Crippen molar-refractivity contribution in [3.63, 3.8) is 0 Å². The lowest BCUT2D eigenvalue weighted by molar-refractivity contribution is 0.755. The lowest BCUT2D eigenvalue weighted by Gasteiger charge is -2.14. The molecule has 1 rings (SSSR count). The third-order valence-electron chi connectivity index (χ3n) is 1.47. The summed E-state index contributed by atoms with van der Waals surface area (Å²) in [6, 6.07) is 0. The Morgan fingerprint density at radius 1 is 0.875 bits per heavy atom. The van der Waals surface area contributed by atoms with Crippen LogP contribution in [0.5, 0.6) is 0 Å². The zero-order valence-corrected chi connectivity index (χ0v) is 7.14. The summed E-state index contributed by atoms with van der Waals surface area (Å²) < 4.78 is 0. The molecule has 0 aromatic carbocycles. The van der Waals surface area contributed by atoms with Gasteiger partial charge in [-0.2, -0.15) is 0 Å². The quantitative estimate of drug-likeness (QED) is 0.490. The van der Waals surface area contributed by atoms with Gasteiger partial charge in [-0.1, -0.05) is 0 Å². The summed E-state index contributed by atoms with van der Waals surface area (Å²) in [6.07, 6.45) is 6.02. The van der Waals surface area contributed by atoms with Gasteiger partial charge in [0.25, 0.3) is 0 Å². The molecule has 1 saturated heterocycles. The minimum absolute atomic E-state index is 1.09. The van der Waals surface area contributed by atoms with E-state index in [9.17, 15) is 0 Å². The fourth-order valence-corrected chi connectivity index (χ4v) is 4.01. The summed E-state index contributed by atoms with van der Waals surface area (Å²) in [5.41, 5.74) is 0. The van der Waals surface area contributed by atoms with Gasteiger partial charge in [0.2, 0.25) is 5.97 Å². The van der Waals surface area contributed by atoms with Gasteiger partial charge in [0, 0.05) is 0 Å². The van der Waals surface area contributed by atoms with Gasteiger partial charge in [0.15, 0.2) is 0 Å². The average molecular weight is 172 g/mol. The SMILES string of the molecule is Cl[P+]1(Cl)CCCCC1. The van der Waals surface area contributed by atoms with E-state index in [4.69, 9.17) is 22.5 Å². The van der Waals surface area contributed by atoms with Gasteiger partial charge in [0.05, 0.1) is 12.3 Å². The summed E-state index contributed by atoms with van der Waals surface area (Å²) >= 11 is 11.9. The largest absolute Gasteiger partial charge is 0.211 e. The molecule has 0 atom stereocenters. The first-order valence-electron chi connectivity index (χ1n) is 2.97. The van der Waals surface area contributed by atoms with Gasteiger partial charge < -0.3 is 0 Å². The average Bonchev–Trinajstić information content (AvgIpc) is 1.65. The molecular weight excluding hydrogens is 162 g/mol. The first-order valence-corrected chi connectivity index (χ1v) is 6.94. The minimum atomic E-state index is -1.39. The number of halogens is 2. The number of hydrogen-bond donors (Lipinski definition) is 0. The molecule has 0 radical (unpaired) electrons. The Morgan fingerprint density at radius 3 is 1.62 bits per heavy atom. The molecule has 0 nitrogen and oxygen atoms in total. The molecule has 0 saturated carbocycles. The van der Waals surface area contributed by atoms with Crippen LogP contribution in [-0.4, -0.2) is 12.3 Å². The van der Waals surface area contributed by atoms with E-state index in [0.717, 1.165) is 12.3 Å². The summed E-state index contributed by atoms with van der Waals surface area (Å²) in [4.78, 5) is 0. The highest BCUT2D eigenvalue weighted by molar-refractivity contribution is 8.17. The normalized spacial score (nSPS) is 27.8. The highest BCUT2D eigenvalue weighted by atomic mass is 35.9. The van der Waals surface area contributed by atoms with Gasteiger partial charge in [-0.3, -0.25) is 0 Å². The zero-order chi connectivity index (χ0) is 6.04. The Morgan fingerprint density at radius 2 is 1.38 bits per heavy atom. The fourth-order valence-electron chi connectivity index (χ4n) is 0.975. The Hall–Kier alpha value is 1.01. The monoisotopic (exact) mass is 171 g/mol. The maximum Gasteiger partial charge on any atom is 0.211 e. The molecule has 3 heteroatoms. The van der Waals surface area contributed by atoms with E-state index in [2.05, 4.69) is 0 Å². The first kappa shape index (κ1) is 7.12. The third-order valence-corrected chi connectivity index (χ3v) is 5.44. The third kappa shape index (κ3) is 2.09. The zero-order valence-electron chi connectivity index (χ0n) is 4.74. The second-order valence-corrected chi connectivity index (χ2v) is 9.10. The molecule has 1 heterocycles. The van der Waals surface area contributed by atoms with E-state index >= 15 is 0 Å². The second-order valence-electron chi connectivity index (χ2n) is 2.27. The van der Waals surface area contributed by atoms with Crippen LogP contribution in [0.2, 0.25) is 0 Å². The molecule has 0 aromatic rings. The van der Waals surface area contributed by atoms with E-state index in [1.54, 1.807) is 0 Å². The van der Waals surface area contributed by atoms with E-state index in [0.29, 0.717) is 0 Å². The maximum absolute atomic E-state index is 5.95.